The van der Waals surface area contributed by atoms with Gasteiger partial charge in [0.15, 0.2) is 0 Å². The van der Waals surface area contributed by atoms with Gasteiger partial charge < -0.3 is 18.0 Å². The molecule has 0 saturated heterocycles. The van der Waals surface area contributed by atoms with Crippen LogP contribution in [-0.4, -0.2) is 0 Å². The highest BCUT2D eigenvalue weighted by Gasteiger charge is 1.97. The van der Waals surface area contributed by atoms with Gasteiger partial charge in [0.25, 0.3) is 0 Å². The van der Waals surface area contributed by atoms with E-state index in [1.54, 1.807) is 18.2 Å². The number of hydrogen-bond acceptors (Lipinski definition) is 7. The molecule has 41 heavy (non-hydrogen) atoms. The molecule has 8 heteroatoms. The average molecular weight is 652 g/mol. The van der Waals surface area contributed by atoms with Crippen molar-refractivity contribution < 1.29 is 18.0 Å². The topological polar surface area (TPSA) is 99.9 Å². The summed E-state index contributed by atoms with van der Waals surface area (Å²) in [5.74, 6) is 18.1. The number of rotatable bonds is 2. The molecule has 0 unspecified atom stereocenters. The molecular weight excluding hydrogens is 635 g/mol. The largest absolute Gasteiger partial charge is 0.457 e. The Bertz CT molecular complexity index is 1870. The summed E-state index contributed by atoms with van der Waals surface area (Å²) in [5, 5.41) is 0. The lowest BCUT2D eigenvalue weighted by atomic mass is 10.2. The smallest absolute Gasteiger partial charge is 0.335 e. The van der Waals surface area contributed by atoms with Gasteiger partial charge in [-0.15, -0.1) is 0 Å². The van der Waals surface area contributed by atoms with Crippen LogP contribution in [0, 0.1) is 39.1 Å². The molecule has 0 bridgehead atoms. The zero-order valence-corrected chi connectivity index (χ0v) is 23.2. The first kappa shape index (κ1) is 28.5. The SMILES string of the molecule is O=c1ccc(C#CC#Cc2ccc(=O)oc2)co1.O=c1ccc(C#Cc2ccc(Oc3ccc(I)cc3)cc2)co1. The van der Waals surface area contributed by atoms with Crippen LogP contribution in [0.1, 0.15) is 22.3 Å². The third-order valence-corrected chi connectivity index (χ3v) is 5.55. The fraction of sp³-hybridized carbons (Fsp3) is 0. The van der Waals surface area contributed by atoms with Gasteiger partial charge in [0.2, 0.25) is 0 Å². The maximum absolute atomic E-state index is 10.9. The molecule has 0 amide bonds. The molecule has 7 nitrogen and oxygen atoms in total. The van der Waals surface area contributed by atoms with E-state index in [4.69, 9.17) is 9.15 Å². The van der Waals surface area contributed by atoms with E-state index in [1.165, 1.54) is 37.0 Å². The summed E-state index contributed by atoms with van der Waals surface area (Å²) in [4.78, 5) is 32.2. The van der Waals surface area contributed by atoms with E-state index in [1.807, 2.05) is 48.5 Å². The van der Waals surface area contributed by atoms with Crippen LogP contribution >= 0.6 is 22.6 Å². The van der Waals surface area contributed by atoms with Crippen molar-refractivity contribution in [3.8, 4) is 47.0 Å². The predicted molar refractivity (Wildman–Crippen MR) is 160 cm³/mol. The van der Waals surface area contributed by atoms with Gasteiger partial charge in [0, 0.05) is 27.3 Å². The van der Waals surface area contributed by atoms with Crippen molar-refractivity contribution in [2.45, 2.75) is 0 Å². The van der Waals surface area contributed by atoms with Gasteiger partial charge >= 0.3 is 16.9 Å². The Hall–Kier alpha value is -5.50. The summed E-state index contributed by atoms with van der Waals surface area (Å²) in [6.45, 7) is 0. The highest BCUT2D eigenvalue weighted by Crippen LogP contribution is 2.22. The van der Waals surface area contributed by atoms with Crippen molar-refractivity contribution in [2.24, 2.45) is 0 Å². The second-order valence-electron chi connectivity index (χ2n) is 7.86. The molecule has 0 aliphatic rings. The van der Waals surface area contributed by atoms with Gasteiger partial charge in [-0.25, -0.2) is 14.4 Å². The van der Waals surface area contributed by atoms with Crippen LogP contribution in [0.25, 0.3) is 0 Å². The second kappa shape index (κ2) is 14.6. The van der Waals surface area contributed by atoms with Gasteiger partial charge in [-0.2, -0.15) is 0 Å². The lowest BCUT2D eigenvalue weighted by molar-refractivity contribution is 0.482. The fourth-order valence-corrected chi connectivity index (χ4v) is 3.24. The first-order valence-electron chi connectivity index (χ1n) is 11.8. The Balaban J connectivity index is 0.000000195. The zero-order chi connectivity index (χ0) is 28.9. The molecule has 0 fully saturated rings. The monoisotopic (exact) mass is 652 g/mol. The quantitative estimate of drug-likeness (QED) is 0.185. The normalized spacial score (nSPS) is 9.29. The van der Waals surface area contributed by atoms with Crippen molar-refractivity contribution in [1.82, 2.24) is 0 Å². The second-order valence-corrected chi connectivity index (χ2v) is 9.11. The van der Waals surface area contributed by atoms with Gasteiger partial charge in [0.1, 0.15) is 30.3 Å². The highest BCUT2D eigenvalue weighted by atomic mass is 127. The molecule has 0 aliphatic carbocycles. The molecule has 3 heterocycles. The van der Waals surface area contributed by atoms with Crippen molar-refractivity contribution in [3.05, 3.63) is 161 Å². The minimum atomic E-state index is -0.425. The number of halogens is 1. The standard InChI is InChI=1S/C19H11IO3.C14H6O4/c20-16-6-10-18(11-7-16)23-17-8-3-14(4-9-17)1-2-15-5-12-19(21)22-13-15;15-13-7-5-11(9-17-13)3-1-2-4-12-6-8-14(16)18-10-12/h3-13H;5-10H. The summed E-state index contributed by atoms with van der Waals surface area (Å²) in [6.07, 6.45) is 3.88. The van der Waals surface area contributed by atoms with Gasteiger partial charge in [-0.3, -0.25) is 0 Å². The Morgan fingerprint density at radius 2 is 0.829 bits per heavy atom. The van der Waals surface area contributed by atoms with Crippen LogP contribution in [0.5, 0.6) is 11.5 Å². The van der Waals surface area contributed by atoms with Crippen LogP contribution in [0.15, 0.2) is 131 Å². The van der Waals surface area contributed by atoms with Gasteiger partial charge in [-0.05, 0) is 113 Å². The van der Waals surface area contributed by atoms with Crippen molar-refractivity contribution in [2.75, 3.05) is 0 Å². The Morgan fingerprint density at radius 3 is 1.24 bits per heavy atom. The Morgan fingerprint density at radius 1 is 0.463 bits per heavy atom. The molecule has 0 spiro atoms. The van der Waals surface area contributed by atoms with E-state index in [0.717, 1.165) is 20.6 Å². The van der Waals surface area contributed by atoms with Crippen molar-refractivity contribution in [3.63, 3.8) is 0 Å². The molecule has 198 valence electrons. The minimum absolute atomic E-state index is 0.382. The Kier molecular flexibility index (Phi) is 10.1. The number of benzene rings is 2. The lowest BCUT2D eigenvalue weighted by Gasteiger charge is -2.05. The van der Waals surface area contributed by atoms with Crippen LogP contribution in [0.2, 0.25) is 0 Å². The molecule has 2 aromatic carbocycles. The molecule has 0 saturated carbocycles. The minimum Gasteiger partial charge on any atom is -0.457 e. The first-order valence-corrected chi connectivity index (χ1v) is 12.8. The molecule has 0 radical (unpaired) electrons. The highest BCUT2D eigenvalue weighted by molar-refractivity contribution is 14.1. The van der Waals surface area contributed by atoms with E-state index >= 15 is 0 Å². The van der Waals surface area contributed by atoms with E-state index < -0.39 is 11.3 Å². The molecule has 5 rings (SSSR count). The third kappa shape index (κ3) is 9.96. The van der Waals surface area contributed by atoms with E-state index in [0.29, 0.717) is 16.7 Å². The third-order valence-electron chi connectivity index (χ3n) is 4.83. The summed E-state index contributed by atoms with van der Waals surface area (Å²) >= 11 is 2.25. The summed E-state index contributed by atoms with van der Waals surface area (Å²) in [7, 11) is 0. The van der Waals surface area contributed by atoms with Crippen LogP contribution in [-0.2, 0) is 0 Å². The van der Waals surface area contributed by atoms with E-state index in [9.17, 15) is 14.4 Å². The molecule has 0 atom stereocenters. The summed E-state index contributed by atoms with van der Waals surface area (Å²) in [6, 6.07) is 24.0. The van der Waals surface area contributed by atoms with Crippen LogP contribution < -0.4 is 21.6 Å². The lowest BCUT2D eigenvalue weighted by Crippen LogP contribution is -1.93. The maximum atomic E-state index is 10.9. The van der Waals surface area contributed by atoms with Gasteiger partial charge in [0.05, 0.1) is 16.7 Å². The summed E-state index contributed by atoms with van der Waals surface area (Å²) in [5.41, 5.74) is 1.39. The molecular formula is C33H17IO7. The number of ether oxygens (including phenoxy) is 1. The predicted octanol–water partition coefficient (Wildman–Crippen LogP) is 5.43. The molecule has 0 aliphatic heterocycles. The molecule has 3 aromatic heterocycles. The first-order chi connectivity index (χ1) is 19.9. The van der Waals surface area contributed by atoms with E-state index in [-0.39, 0.29) is 5.63 Å². The molecule has 0 N–H and O–H groups in total. The van der Waals surface area contributed by atoms with E-state index in [2.05, 4.69) is 66.9 Å². The fourth-order valence-electron chi connectivity index (χ4n) is 2.88. The van der Waals surface area contributed by atoms with Crippen molar-refractivity contribution >= 4 is 22.6 Å². The maximum Gasteiger partial charge on any atom is 0.335 e. The number of hydrogen-bond donors (Lipinski definition) is 0. The zero-order valence-electron chi connectivity index (χ0n) is 21.1. The van der Waals surface area contributed by atoms with Crippen molar-refractivity contribution in [1.29, 1.82) is 0 Å². The van der Waals surface area contributed by atoms with Gasteiger partial charge in [-0.1, -0.05) is 11.8 Å². The summed E-state index contributed by atoms with van der Waals surface area (Å²) < 4.78 is 21.0. The van der Waals surface area contributed by atoms with Crippen LogP contribution in [0.4, 0.5) is 0 Å². The molecule has 5 aromatic rings. The average Bonchev–Trinajstić information content (AvgIpc) is 2.99. The van der Waals surface area contributed by atoms with Crippen LogP contribution in [0.3, 0.4) is 0 Å². The Labute approximate surface area is 247 Å².